The van der Waals surface area contributed by atoms with Gasteiger partial charge in [0.05, 0.1) is 21.4 Å². The lowest BCUT2D eigenvalue weighted by Crippen LogP contribution is -2.43. The summed E-state index contributed by atoms with van der Waals surface area (Å²) in [4.78, 5) is 0. The van der Waals surface area contributed by atoms with Crippen LogP contribution in [0.15, 0.2) is 54.6 Å². The fourth-order valence-corrected chi connectivity index (χ4v) is 7.12. The van der Waals surface area contributed by atoms with E-state index in [0.29, 0.717) is 44.6 Å². The van der Waals surface area contributed by atoms with Crippen LogP contribution in [0.2, 0.25) is 10.0 Å². The van der Waals surface area contributed by atoms with E-state index in [2.05, 4.69) is 6.07 Å². The van der Waals surface area contributed by atoms with Gasteiger partial charge in [-0.25, -0.2) is 0 Å². The van der Waals surface area contributed by atoms with Gasteiger partial charge in [-0.15, -0.1) is 0 Å². The number of hydrogen-bond acceptors (Lipinski definition) is 4. The Hall–Kier alpha value is -2.56. The van der Waals surface area contributed by atoms with Gasteiger partial charge in [0, 0.05) is 18.2 Å². The molecule has 0 aromatic heterocycles. The predicted octanol–water partition coefficient (Wildman–Crippen LogP) is 8.28. The molecular weight excluding hydrogens is 467 g/mol. The Morgan fingerprint density at radius 1 is 0.618 bits per heavy atom. The number of ether oxygens (including phenoxy) is 2. The van der Waals surface area contributed by atoms with Crippen molar-refractivity contribution in [3.8, 4) is 23.0 Å². The maximum Gasteiger partial charge on any atom is 0.134 e. The van der Waals surface area contributed by atoms with Crippen LogP contribution in [0.1, 0.15) is 43.6 Å². The van der Waals surface area contributed by atoms with Crippen LogP contribution in [0.4, 0.5) is 11.4 Å². The van der Waals surface area contributed by atoms with E-state index >= 15 is 0 Å². The monoisotopic (exact) mass is 494 g/mol. The maximum atomic E-state index is 6.46. The molecule has 0 atom stereocenters. The molecule has 6 heteroatoms. The molecule has 4 fully saturated rings. The summed E-state index contributed by atoms with van der Waals surface area (Å²) in [7, 11) is 0. The van der Waals surface area contributed by atoms with Gasteiger partial charge >= 0.3 is 0 Å². The fourth-order valence-electron chi connectivity index (χ4n) is 6.78. The molecule has 0 heterocycles. The maximum absolute atomic E-state index is 6.46. The zero-order valence-corrected chi connectivity index (χ0v) is 20.4. The molecule has 0 amide bonds. The highest BCUT2D eigenvalue weighted by atomic mass is 35.5. The Kier molecular flexibility index (Phi) is 5.54. The second-order valence-corrected chi connectivity index (χ2v) is 11.0. The number of anilines is 2. The molecule has 3 aromatic rings. The predicted molar refractivity (Wildman–Crippen MR) is 138 cm³/mol. The van der Waals surface area contributed by atoms with E-state index in [-0.39, 0.29) is 0 Å². The van der Waals surface area contributed by atoms with Crippen molar-refractivity contribution in [2.75, 3.05) is 11.5 Å². The van der Waals surface area contributed by atoms with Crippen molar-refractivity contribution in [2.45, 2.75) is 38.0 Å². The lowest BCUT2D eigenvalue weighted by Gasteiger charge is -2.54. The Balaban J connectivity index is 1.36. The van der Waals surface area contributed by atoms with Gasteiger partial charge in [-0.1, -0.05) is 29.3 Å². The third-order valence-corrected chi connectivity index (χ3v) is 8.63. The lowest BCUT2D eigenvalue weighted by atomic mass is 9.50. The van der Waals surface area contributed by atoms with Gasteiger partial charge < -0.3 is 20.9 Å². The Labute approximate surface area is 210 Å². The molecule has 34 heavy (non-hydrogen) atoms. The number of benzene rings is 3. The lowest BCUT2D eigenvalue weighted by molar-refractivity contribution is -0.00337. The van der Waals surface area contributed by atoms with Crippen molar-refractivity contribution in [3.05, 3.63) is 70.2 Å². The molecule has 4 N–H and O–H groups in total. The zero-order valence-electron chi connectivity index (χ0n) is 18.8. The molecule has 4 aliphatic rings. The Bertz CT molecular complexity index is 1220. The molecule has 4 bridgehead atoms. The molecule has 0 radical (unpaired) electrons. The molecule has 0 spiro atoms. The van der Waals surface area contributed by atoms with Crippen LogP contribution in [0.25, 0.3) is 0 Å². The first kappa shape index (κ1) is 21.9. The Morgan fingerprint density at radius 2 is 1.12 bits per heavy atom. The summed E-state index contributed by atoms with van der Waals surface area (Å²) in [5.74, 6) is 6.61. The zero-order chi connectivity index (χ0) is 23.4. The van der Waals surface area contributed by atoms with E-state index in [9.17, 15) is 0 Å². The van der Waals surface area contributed by atoms with Crippen molar-refractivity contribution in [1.29, 1.82) is 0 Å². The summed E-state index contributed by atoms with van der Waals surface area (Å²) in [6.45, 7) is 0. The van der Waals surface area contributed by atoms with Gasteiger partial charge in [0.1, 0.15) is 23.0 Å². The SMILES string of the molecule is Nc1ccc(Oc2ccc(C3C4CC5CC(C4)CC3C5)c(Oc3ccc(N)c(Cl)c3)c2)cc1Cl. The number of hydrogen-bond donors (Lipinski definition) is 2. The molecule has 3 aromatic carbocycles. The van der Waals surface area contributed by atoms with Crippen LogP contribution in [0, 0.1) is 23.7 Å². The van der Waals surface area contributed by atoms with Crippen molar-refractivity contribution in [1.82, 2.24) is 0 Å². The fraction of sp³-hybridized carbons (Fsp3) is 0.357. The number of rotatable bonds is 5. The van der Waals surface area contributed by atoms with E-state index in [1.165, 1.54) is 37.7 Å². The van der Waals surface area contributed by atoms with Gasteiger partial charge in [-0.3, -0.25) is 0 Å². The molecule has 0 aliphatic heterocycles. The van der Waals surface area contributed by atoms with Crippen LogP contribution in [0.3, 0.4) is 0 Å². The smallest absolute Gasteiger partial charge is 0.134 e. The average Bonchev–Trinajstić information content (AvgIpc) is 2.79. The second kappa shape index (κ2) is 8.58. The quantitative estimate of drug-likeness (QED) is 0.350. The van der Waals surface area contributed by atoms with Gasteiger partial charge in [-0.2, -0.15) is 0 Å². The highest BCUT2D eigenvalue weighted by molar-refractivity contribution is 6.33. The minimum atomic E-state index is 0.468. The number of nitrogens with two attached hydrogens (primary N) is 2. The minimum absolute atomic E-state index is 0.468. The van der Waals surface area contributed by atoms with Crippen LogP contribution in [-0.4, -0.2) is 0 Å². The van der Waals surface area contributed by atoms with Crippen LogP contribution in [0.5, 0.6) is 23.0 Å². The van der Waals surface area contributed by atoms with Gasteiger partial charge in [-0.05, 0) is 97.6 Å². The van der Waals surface area contributed by atoms with Crippen LogP contribution >= 0.6 is 23.2 Å². The van der Waals surface area contributed by atoms with E-state index in [1.54, 1.807) is 24.3 Å². The summed E-state index contributed by atoms with van der Waals surface area (Å²) >= 11 is 12.5. The first-order chi connectivity index (χ1) is 16.4. The molecule has 4 aliphatic carbocycles. The topological polar surface area (TPSA) is 70.5 Å². The van der Waals surface area contributed by atoms with E-state index < -0.39 is 0 Å². The highest BCUT2D eigenvalue weighted by Gasteiger charge is 2.49. The van der Waals surface area contributed by atoms with E-state index in [0.717, 1.165) is 29.4 Å². The van der Waals surface area contributed by atoms with Crippen molar-refractivity contribution in [2.24, 2.45) is 23.7 Å². The van der Waals surface area contributed by atoms with E-state index in [1.807, 2.05) is 24.3 Å². The standard InChI is InChI=1S/C28H28Cl2N2O2/c29-23-12-19(2-5-25(23)31)33-21-1-4-22(27(14-21)34-20-3-6-26(32)24(30)13-20)28-17-8-15-7-16(10-17)11-18(28)9-15/h1-6,12-18,28H,7-11,31-32H2. The molecular formula is C28H28Cl2N2O2. The third kappa shape index (κ3) is 4.08. The molecule has 4 nitrogen and oxygen atoms in total. The van der Waals surface area contributed by atoms with Gasteiger partial charge in [0.15, 0.2) is 0 Å². The molecule has 0 unspecified atom stereocenters. The van der Waals surface area contributed by atoms with Gasteiger partial charge in [0.2, 0.25) is 0 Å². The summed E-state index contributed by atoms with van der Waals surface area (Å²) in [6, 6.07) is 16.9. The number of nitrogen functional groups attached to an aromatic ring is 2. The summed E-state index contributed by atoms with van der Waals surface area (Å²) in [5, 5.41) is 0.952. The number of halogens is 2. The van der Waals surface area contributed by atoms with Crippen LogP contribution < -0.4 is 20.9 Å². The largest absolute Gasteiger partial charge is 0.457 e. The van der Waals surface area contributed by atoms with Crippen LogP contribution in [-0.2, 0) is 0 Å². The normalized spacial score (nSPS) is 27.1. The Morgan fingerprint density at radius 3 is 1.68 bits per heavy atom. The summed E-state index contributed by atoms with van der Waals surface area (Å²) < 4.78 is 12.6. The molecule has 176 valence electrons. The molecule has 0 saturated heterocycles. The third-order valence-electron chi connectivity index (χ3n) is 7.98. The van der Waals surface area contributed by atoms with Crippen molar-refractivity contribution in [3.63, 3.8) is 0 Å². The second-order valence-electron chi connectivity index (χ2n) is 10.2. The first-order valence-corrected chi connectivity index (χ1v) is 12.8. The molecule has 7 rings (SSSR count). The first-order valence-electron chi connectivity index (χ1n) is 12.0. The van der Waals surface area contributed by atoms with Crippen molar-refractivity contribution < 1.29 is 9.47 Å². The van der Waals surface area contributed by atoms with Gasteiger partial charge in [0.25, 0.3) is 0 Å². The summed E-state index contributed by atoms with van der Waals surface area (Å²) in [6.07, 6.45) is 6.80. The highest BCUT2D eigenvalue weighted by Crippen LogP contribution is 2.61. The molecule has 4 saturated carbocycles. The minimum Gasteiger partial charge on any atom is -0.457 e. The van der Waals surface area contributed by atoms with E-state index in [4.69, 9.17) is 44.1 Å². The summed E-state index contributed by atoms with van der Waals surface area (Å²) in [5.41, 5.74) is 14.1. The average molecular weight is 495 g/mol. The van der Waals surface area contributed by atoms with Crippen molar-refractivity contribution >= 4 is 34.6 Å².